The Bertz CT molecular complexity index is 872. The lowest BCUT2D eigenvalue weighted by atomic mass is 9.99. The van der Waals surface area contributed by atoms with Crippen molar-refractivity contribution in [2.24, 2.45) is 0 Å². The second-order valence-electron chi connectivity index (χ2n) is 5.88. The Morgan fingerprint density at radius 1 is 1.12 bits per heavy atom. The normalized spacial score (nSPS) is 15.8. The second-order valence-corrected chi connectivity index (χ2v) is 5.88. The van der Waals surface area contributed by atoms with Crippen LogP contribution in [0.1, 0.15) is 24.6 Å². The Labute approximate surface area is 139 Å². The van der Waals surface area contributed by atoms with Gasteiger partial charge in [-0.05, 0) is 25.0 Å². The van der Waals surface area contributed by atoms with Gasteiger partial charge in [0.05, 0.1) is 7.11 Å². The molecule has 3 aromatic rings. The third-order valence-corrected chi connectivity index (χ3v) is 4.51. The van der Waals surface area contributed by atoms with Gasteiger partial charge in [0, 0.05) is 36.5 Å². The molecule has 0 spiro atoms. The Kier molecular flexibility index (Phi) is 3.90. The van der Waals surface area contributed by atoms with Crippen LogP contribution in [0.5, 0.6) is 5.75 Å². The van der Waals surface area contributed by atoms with E-state index in [9.17, 15) is 4.39 Å². The minimum Gasteiger partial charge on any atom is -0.492 e. The Morgan fingerprint density at radius 3 is 2.67 bits per heavy atom. The molecule has 24 heavy (non-hydrogen) atoms. The molecule has 3 heterocycles. The highest BCUT2D eigenvalue weighted by Crippen LogP contribution is 2.36. The van der Waals surface area contributed by atoms with Gasteiger partial charge in [-0.3, -0.25) is 4.40 Å². The van der Waals surface area contributed by atoms with Crippen LogP contribution in [-0.2, 0) is 4.74 Å². The number of hydrogen-bond acceptors (Lipinski definition) is 4. The zero-order valence-corrected chi connectivity index (χ0v) is 13.4. The Balaban J connectivity index is 1.86. The van der Waals surface area contributed by atoms with Gasteiger partial charge in [-0.15, -0.1) is 10.2 Å². The molecule has 0 amide bonds. The van der Waals surface area contributed by atoms with Gasteiger partial charge in [-0.2, -0.15) is 0 Å². The van der Waals surface area contributed by atoms with Crippen LogP contribution in [0.4, 0.5) is 4.39 Å². The largest absolute Gasteiger partial charge is 0.492 e. The number of benzene rings is 1. The number of ether oxygens (including phenoxy) is 2. The molecule has 124 valence electrons. The monoisotopic (exact) mass is 327 g/mol. The molecular formula is C18H18FN3O2. The number of fused-ring (bicyclic) bond motifs is 1. The molecule has 2 aromatic heterocycles. The molecule has 0 bridgehead atoms. The van der Waals surface area contributed by atoms with Crippen molar-refractivity contribution in [1.29, 1.82) is 0 Å². The fourth-order valence-electron chi connectivity index (χ4n) is 3.28. The summed E-state index contributed by atoms with van der Waals surface area (Å²) in [5.74, 6) is 1.47. The predicted molar refractivity (Wildman–Crippen MR) is 87.7 cm³/mol. The molecule has 0 aliphatic carbocycles. The summed E-state index contributed by atoms with van der Waals surface area (Å²) in [5, 5.41) is 8.67. The summed E-state index contributed by atoms with van der Waals surface area (Å²) in [6.45, 7) is 1.48. The van der Waals surface area contributed by atoms with Crippen LogP contribution < -0.4 is 4.74 Å². The molecular weight excluding hydrogens is 309 g/mol. The van der Waals surface area contributed by atoms with Crippen molar-refractivity contribution in [1.82, 2.24) is 14.6 Å². The lowest BCUT2D eigenvalue weighted by Gasteiger charge is -2.20. The molecule has 1 aliphatic rings. The van der Waals surface area contributed by atoms with E-state index < -0.39 is 0 Å². The lowest BCUT2D eigenvalue weighted by Crippen LogP contribution is -2.16. The fraction of sp³-hybridized carbons (Fsp3) is 0.333. The van der Waals surface area contributed by atoms with E-state index in [0.29, 0.717) is 28.4 Å². The molecule has 1 aliphatic heterocycles. The third kappa shape index (κ3) is 2.43. The molecule has 1 fully saturated rings. The van der Waals surface area contributed by atoms with Crippen molar-refractivity contribution in [2.75, 3.05) is 20.3 Å². The highest BCUT2D eigenvalue weighted by molar-refractivity contribution is 5.78. The maximum absolute atomic E-state index is 14.2. The van der Waals surface area contributed by atoms with Crippen LogP contribution in [0.2, 0.25) is 0 Å². The van der Waals surface area contributed by atoms with E-state index in [1.54, 1.807) is 25.3 Å². The van der Waals surface area contributed by atoms with E-state index in [1.807, 2.05) is 16.7 Å². The SMILES string of the molecule is COc1c(-c2ccccc2F)ccn2c(C3CCOCC3)nnc12. The van der Waals surface area contributed by atoms with Crippen molar-refractivity contribution >= 4 is 5.65 Å². The topological polar surface area (TPSA) is 48.7 Å². The maximum Gasteiger partial charge on any atom is 0.203 e. The highest BCUT2D eigenvalue weighted by atomic mass is 19.1. The smallest absolute Gasteiger partial charge is 0.203 e. The minimum absolute atomic E-state index is 0.288. The van der Waals surface area contributed by atoms with E-state index in [2.05, 4.69) is 10.2 Å². The predicted octanol–water partition coefficient (Wildman–Crippen LogP) is 3.44. The summed E-state index contributed by atoms with van der Waals surface area (Å²) in [5.41, 5.74) is 1.78. The molecule has 5 nitrogen and oxygen atoms in total. The number of halogens is 1. The van der Waals surface area contributed by atoms with E-state index in [1.165, 1.54) is 6.07 Å². The van der Waals surface area contributed by atoms with Gasteiger partial charge in [-0.25, -0.2) is 4.39 Å². The lowest BCUT2D eigenvalue weighted by molar-refractivity contribution is 0.0834. The van der Waals surface area contributed by atoms with Gasteiger partial charge in [0.1, 0.15) is 11.6 Å². The van der Waals surface area contributed by atoms with Gasteiger partial charge in [-0.1, -0.05) is 18.2 Å². The fourth-order valence-corrected chi connectivity index (χ4v) is 3.28. The molecule has 6 heteroatoms. The quantitative estimate of drug-likeness (QED) is 0.739. The van der Waals surface area contributed by atoms with Crippen LogP contribution in [0.15, 0.2) is 36.5 Å². The van der Waals surface area contributed by atoms with Gasteiger partial charge in [0.2, 0.25) is 5.65 Å². The average molecular weight is 327 g/mol. The first-order valence-corrected chi connectivity index (χ1v) is 8.04. The zero-order chi connectivity index (χ0) is 16.5. The van der Waals surface area contributed by atoms with Crippen molar-refractivity contribution < 1.29 is 13.9 Å². The average Bonchev–Trinajstić information content (AvgIpc) is 3.06. The summed E-state index contributed by atoms with van der Waals surface area (Å²) >= 11 is 0. The number of nitrogens with zero attached hydrogens (tertiary/aromatic N) is 3. The summed E-state index contributed by atoms with van der Waals surface area (Å²) in [4.78, 5) is 0. The van der Waals surface area contributed by atoms with Gasteiger partial charge in [0.15, 0.2) is 5.75 Å². The maximum atomic E-state index is 14.2. The van der Waals surface area contributed by atoms with E-state index in [4.69, 9.17) is 9.47 Å². The standard InChI is InChI=1S/C18H18FN3O2/c1-23-16-14(13-4-2-3-5-15(13)19)6-9-22-17(20-21-18(16)22)12-7-10-24-11-8-12/h2-6,9,12H,7-8,10-11H2,1H3. The minimum atomic E-state index is -0.288. The second kappa shape index (κ2) is 6.20. The summed E-state index contributed by atoms with van der Waals surface area (Å²) in [6, 6.07) is 8.51. The Hall–Kier alpha value is -2.47. The van der Waals surface area contributed by atoms with Crippen molar-refractivity contribution in [3.8, 4) is 16.9 Å². The van der Waals surface area contributed by atoms with Crippen molar-refractivity contribution in [3.63, 3.8) is 0 Å². The summed E-state index contributed by atoms with van der Waals surface area (Å²) in [7, 11) is 1.57. The first-order valence-electron chi connectivity index (χ1n) is 8.04. The van der Waals surface area contributed by atoms with Crippen LogP contribution >= 0.6 is 0 Å². The van der Waals surface area contributed by atoms with Gasteiger partial charge in [0.25, 0.3) is 0 Å². The molecule has 0 unspecified atom stereocenters. The van der Waals surface area contributed by atoms with Crippen molar-refractivity contribution in [3.05, 3.63) is 48.2 Å². The number of pyridine rings is 1. The van der Waals surface area contributed by atoms with E-state index in [-0.39, 0.29) is 5.82 Å². The first-order chi connectivity index (χ1) is 11.8. The first kappa shape index (κ1) is 15.1. The number of aromatic nitrogens is 3. The summed E-state index contributed by atoms with van der Waals surface area (Å²) < 4.78 is 27.1. The molecule has 0 atom stereocenters. The molecule has 1 aromatic carbocycles. The molecule has 0 saturated carbocycles. The molecule has 1 saturated heterocycles. The zero-order valence-electron chi connectivity index (χ0n) is 13.4. The number of methoxy groups -OCH3 is 1. The highest BCUT2D eigenvalue weighted by Gasteiger charge is 2.23. The van der Waals surface area contributed by atoms with E-state index in [0.717, 1.165) is 31.9 Å². The van der Waals surface area contributed by atoms with Crippen LogP contribution in [-0.4, -0.2) is 34.9 Å². The van der Waals surface area contributed by atoms with Gasteiger partial charge >= 0.3 is 0 Å². The molecule has 0 N–H and O–H groups in total. The van der Waals surface area contributed by atoms with E-state index >= 15 is 0 Å². The Morgan fingerprint density at radius 2 is 1.92 bits per heavy atom. The molecule has 4 rings (SSSR count). The van der Waals surface area contributed by atoms with Crippen LogP contribution in [0.25, 0.3) is 16.8 Å². The number of rotatable bonds is 3. The van der Waals surface area contributed by atoms with Crippen LogP contribution in [0, 0.1) is 5.82 Å². The van der Waals surface area contributed by atoms with Crippen molar-refractivity contribution in [2.45, 2.75) is 18.8 Å². The summed E-state index contributed by atoms with van der Waals surface area (Å²) in [6.07, 6.45) is 3.75. The van der Waals surface area contributed by atoms with Gasteiger partial charge < -0.3 is 9.47 Å². The van der Waals surface area contributed by atoms with Crippen LogP contribution in [0.3, 0.4) is 0 Å². The number of hydrogen-bond donors (Lipinski definition) is 0. The molecule has 0 radical (unpaired) electrons. The third-order valence-electron chi connectivity index (χ3n) is 4.51.